The average molecular weight is 182 g/mol. The Morgan fingerprint density at radius 2 is 2.23 bits per heavy atom. The van der Waals surface area contributed by atoms with E-state index in [-0.39, 0.29) is 25.7 Å². The lowest BCUT2D eigenvalue weighted by atomic mass is 10.0. The van der Waals surface area contributed by atoms with Crippen LogP contribution in [0, 0.1) is 18.3 Å². The van der Waals surface area contributed by atoms with E-state index >= 15 is 0 Å². The van der Waals surface area contributed by atoms with E-state index in [1.165, 1.54) is 4.90 Å². The van der Waals surface area contributed by atoms with Gasteiger partial charge < -0.3 is 15.3 Å². The number of carbonyl (C=O) groups excluding carboxylic acids is 1. The number of amides is 2. The fourth-order valence-electron chi connectivity index (χ4n) is 1.04. The first-order valence-electron chi connectivity index (χ1n) is 3.84. The van der Waals surface area contributed by atoms with Crippen LogP contribution in [0.5, 0.6) is 0 Å². The predicted molar refractivity (Wildman–Crippen MR) is 44.9 cm³/mol. The van der Waals surface area contributed by atoms with E-state index < -0.39 is 11.9 Å². The van der Waals surface area contributed by atoms with Gasteiger partial charge in [-0.25, -0.2) is 4.79 Å². The van der Waals surface area contributed by atoms with Crippen LogP contribution < -0.4 is 5.32 Å². The van der Waals surface area contributed by atoms with E-state index in [1.54, 1.807) is 0 Å². The van der Waals surface area contributed by atoms with Crippen molar-refractivity contribution in [3.05, 3.63) is 0 Å². The lowest BCUT2D eigenvalue weighted by molar-refractivity contribution is -0.146. The molecule has 0 radical (unpaired) electrons. The maximum Gasteiger partial charge on any atom is 0.318 e. The molecule has 0 unspecified atom stereocenters. The topological polar surface area (TPSA) is 69.6 Å². The second-order valence-electron chi connectivity index (χ2n) is 2.80. The number of hydrogen-bond donors (Lipinski definition) is 2. The van der Waals surface area contributed by atoms with Gasteiger partial charge >= 0.3 is 12.0 Å². The van der Waals surface area contributed by atoms with E-state index in [0.717, 1.165) is 0 Å². The molecule has 1 aliphatic rings. The summed E-state index contributed by atoms with van der Waals surface area (Å²) < 4.78 is 0. The molecule has 13 heavy (non-hydrogen) atoms. The minimum absolute atomic E-state index is 0.174. The molecule has 0 aromatic rings. The second kappa shape index (κ2) is 3.81. The van der Waals surface area contributed by atoms with Crippen LogP contribution in [0.3, 0.4) is 0 Å². The lowest BCUT2D eigenvalue weighted by Crippen LogP contribution is -2.56. The number of rotatable bonds is 2. The van der Waals surface area contributed by atoms with Gasteiger partial charge in [0.25, 0.3) is 0 Å². The zero-order valence-corrected chi connectivity index (χ0v) is 6.99. The summed E-state index contributed by atoms with van der Waals surface area (Å²) in [6.07, 6.45) is 4.93. The number of aliphatic carboxylic acids is 1. The largest absolute Gasteiger partial charge is 0.481 e. The van der Waals surface area contributed by atoms with E-state index in [0.29, 0.717) is 0 Å². The van der Waals surface area contributed by atoms with Crippen LogP contribution in [0.2, 0.25) is 0 Å². The Balaban J connectivity index is 2.24. The number of likely N-dealkylation sites (tertiary alicyclic amines) is 1. The van der Waals surface area contributed by atoms with Gasteiger partial charge in [0.15, 0.2) is 0 Å². The molecule has 1 rings (SSSR count). The van der Waals surface area contributed by atoms with E-state index in [1.807, 2.05) is 0 Å². The van der Waals surface area contributed by atoms with E-state index in [9.17, 15) is 9.59 Å². The van der Waals surface area contributed by atoms with Crippen molar-refractivity contribution in [3.63, 3.8) is 0 Å². The molecule has 2 amide bonds. The molecule has 1 aliphatic heterocycles. The van der Waals surface area contributed by atoms with Crippen LogP contribution in [-0.2, 0) is 4.79 Å². The third-order valence-electron chi connectivity index (χ3n) is 1.86. The molecule has 0 aromatic carbocycles. The summed E-state index contributed by atoms with van der Waals surface area (Å²) in [5, 5.41) is 11.0. The zero-order valence-electron chi connectivity index (χ0n) is 6.99. The van der Waals surface area contributed by atoms with Crippen LogP contribution in [0.25, 0.3) is 0 Å². The number of carboxylic acids is 1. The van der Waals surface area contributed by atoms with Gasteiger partial charge in [0.2, 0.25) is 0 Å². The van der Waals surface area contributed by atoms with Gasteiger partial charge in [0.05, 0.1) is 12.5 Å². The lowest BCUT2D eigenvalue weighted by Gasteiger charge is -2.36. The molecule has 0 spiro atoms. The summed E-state index contributed by atoms with van der Waals surface area (Å²) in [6.45, 7) is 0.713. The molecule has 0 saturated carbocycles. The summed E-state index contributed by atoms with van der Waals surface area (Å²) in [5.74, 6) is 0.981. The minimum Gasteiger partial charge on any atom is -0.481 e. The van der Waals surface area contributed by atoms with Gasteiger partial charge in [-0.1, -0.05) is 5.92 Å². The summed E-state index contributed by atoms with van der Waals surface area (Å²) in [7, 11) is 0. The van der Waals surface area contributed by atoms with Crippen LogP contribution >= 0.6 is 0 Å². The van der Waals surface area contributed by atoms with Gasteiger partial charge in [-0.15, -0.1) is 6.42 Å². The van der Waals surface area contributed by atoms with Gasteiger partial charge in [0, 0.05) is 13.1 Å². The highest BCUT2D eigenvalue weighted by atomic mass is 16.4. The Morgan fingerprint density at radius 3 is 2.69 bits per heavy atom. The number of nitrogens with zero attached hydrogens (tertiary/aromatic N) is 1. The molecular weight excluding hydrogens is 172 g/mol. The number of urea groups is 1. The molecule has 5 nitrogen and oxygen atoms in total. The molecule has 2 N–H and O–H groups in total. The summed E-state index contributed by atoms with van der Waals surface area (Å²) in [6, 6.07) is -0.296. The van der Waals surface area contributed by atoms with Gasteiger partial charge in [-0.05, 0) is 0 Å². The SMILES string of the molecule is C#CCNC(=O)N1CC(C(=O)O)C1. The smallest absolute Gasteiger partial charge is 0.318 e. The maximum absolute atomic E-state index is 11.1. The van der Waals surface area contributed by atoms with Crippen LogP contribution in [0.15, 0.2) is 0 Å². The Labute approximate surface area is 75.7 Å². The highest BCUT2D eigenvalue weighted by molar-refractivity contribution is 5.79. The van der Waals surface area contributed by atoms with Crippen molar-refractivity contribution >= 4 is 12.0 Å². The number of terminal acetylenes is 1. The minimum atomic E-state index is -0.860. The van der Waals surface area contributed by atoms with Crippen LogP contribution in [0.1, 0.15) is 0 Å². The molecule has 1 saturated heterocycles. The van der Waals surface area contributed by atoms with Crippen LogP contribution in [-0.4, -0.2) is 41.6 Å². The monoisotopic (exact) mass is 182 g/mol. The molecule has 70 valence electrons. The molecule has 1 fully saturated rings. The van der Waals surface area contributed by atoms with Crippen molar-refractivity contribution in [2.45, 2.75) is 0 Å². The number of carbonyl (C=O) groups is 2. The van der Waals surface area contributed by atoms with Crippen molar-refractivity contribution in [1.29, 1.82) is 0 Å². The normalized spacial score (nSPS) is 15.8. The summed E-state index contributed by atoms with van der Waals surface area (Å²) in [4.78, 5) is 22.9. The first-order chi connectivity index (χ1) is 6.15. The first kappa shape index (κ1) is 9.39. The molecule has 0 atom stereocenters. The van der Waals surface area contributed by atoms with Crippen LogP contribution in [0.4, 0.5) is 4.79 Å². The summed E-state index contributed by atoms with van der Waals surface area (Å²) >= 11 is 0. The molecule has 5 heteroatoms. The Bertz CT molecular complexity index is 263. The zero-order chi connectivity index (χ0) is 9.84. The highest BCUT2D eigenvalue weighted by Crippen LogP contribution is 2.14. The molecule has 0 aliphatic carbocycles. The number of nitrogens with one attached hydrogen (secondary N) is 1. The van der Waals surface area contributed by atoms with E-state index in [2.05, 4.69) is 11.2 Å². The third-order valence-corrected chi connectivity index (χ3v) is 1.86. The fourth-order valence-corrected chi connectivity index (χ4v) is 1.04. The Kier molecular flexibility index (Phi) is 2.75. The number of carboxylic acid groups (broad SMARTS) is 1. The van der Waals surface area contributed by atoms with Gasteiger partial charge in [-0.2, -0.15) is 0 Å². The standard InChI is InChI=1S/C8H10N2O3/c1-2-3-9-8(13)10-4-6(5-10)7(11)12/h1,6H,3-5H2,(H,9,13)(H,11,12). The quantitative estimate of drug-likeness (QED) is 0.557. The van der Waals surface area contributed by atoms with Crippen molar-refractivity contribution < 1.29 is 14.7 Å². The fraction of sp³-hybridized carbons (Fsp3) is 0.500. The van der Waals surface area contributed by atoms with Crippen molar-refractivity contribution in [2.75, 3.05) is 19.6 Å². The molecular formula is C8H10N2O3. The summed E-state index contributed by atoms with van der Waals surface area (Å²) in [5.41, 5.74) is 0. The average Bonchev–Trinajstić information content (AvgIpc) is 1.97. The van der Waals surface area contributed by atoms with Gasteiger partial charge in [0.1, 0.15) is 0 Å². The Hall–Kier alpha value is -1.70. The van der Waals surface area contributed by atoms with Crippen molar-refractivity contribution in [2.24, 2.45) is 5.92 Å². The maximum atomic E-state index is 11.1. The number of hydrogen-bond acceptors (Lipinski definition) is 2. The second-order valence-corrected chi connectivity index (χ2v) is 2.80. The first-order valence-corrected chi connectivity index (χ1v) is 3.84. The highest BCUT2D eigenvalue weighted by Gasteiger charge is 2.35. The van der Waals surface area contributed by atoms with E-state index in [4.69, 9.17) is 11.5 Å². The van der Waals surface area contributed by atoms with Crippen molar-refractivity contribution in [3.8, 4) is 12.3 Å². The molecule has 0 aromatic heterocycles. The molecule has 0 bridgehead atoms. The van der Waals surface area contributed by atoms with Crippen molar-refractivity contribution in [1.82, 2.24) is 10.2 Å². The molecule has 1 heterocycles. The Morgan fingerprint density at radius 1 is 1.62 bits per heavy atom. The van der Waals surface area contributed by atoms with Gasteiger partial charge in [-0.3, -0.25) is 4.79 Å². The third kappa shape index (κ3) is 2.12. The predicted octanol–water partition coefficient (Wildman–Crippen LogP) is -0.654.